The average molecular weight is 244 g/mol. The lowest BCUT2D eigenvalue weighted by Crippen LogP contribution is -2.43. The van der Waals surface area contributed by atoms with E-state index in [4.69, 9.17) is 5.11 Å². The van der Waals surface area contributed by atoms with Gasteiger partial charge in [-0.15, -0.1) is 0 Å². The van der Waals surface area contributed by atoms with Crippen molar-refractivity contribution in [3.63, 3.8) is 0 Å². The summed E-state index contributed by atoms with van der Waals surface area (Å²) in [5, 5.41) is 12.5. The first kappa shape index (κ1) is 16.9. The summed E-state index contributed by atoms with van der Waals surface area (Å²) in [6, 6.07) is 0.430. The molecular weight excluding hydrogens is 212 g/mol. The highest BCUT2D eigenvalue weighted by molar-refractivity contribution is 4.73. The molecule has 0 fully saturated rings. The van der Waals surface area contributed by atoms with Gasteiger partial charge in [-0.3, -0.25) is 0 Å². The van der Waals surface area contributed by atoms with E-state index in [1.54, 1.807) is 0 Å². The van der Waals surface area contributed by atoms with Crippen molar-refractivity contribution < 1.29 is 5.11 Å². The van der Waals surface area contributed by atoms with E-state index in [-0.39, 0.29) is 6.61 Å². The van der Waals surface area contributed by atoms with Crippen molar-refractivity contribution in [2.24, 2.45) is 5.92 Å². The van der Waals surface area contributed by atoms with Crippen LogP contribution < -0.4 is 5.32 Å². The molecule has 0 aromatic rings. The number of likely N-dealkylation sites (N-methyl/N-ethyl adjacent to an activating group) is 2. The van der Waals surface area contributed by atoms with Gasteiger partial charge in [0, 0.05) is 25.7 Å². The van der Waals surface area contributed by atoms with Gasteiger partial charge in [-0.1, -0.05) is 40.5 Å². The molecule has 17 heavy (non-hydrogen) atoms. The summed E-state index contributed by atoms with van der Waals surface area (Å²) < 4.78 is 0. The maximum Gasteiger partial charge on any atom is 0.0446 e. The molecular formula is C14H32N2O. The number of aliphatic hydroxyl groups excluding tert-OH is 1. The zero-order valence-electron chi connectivity index (χ0n) is 12.2. The van der Waals surface area contributed by atoms with E-state index in [0.717, 1.165) is 32.0 Å². The molecule has 0 spiro atoms. The van der Waals surface area contributed by atoms with Crippen LogP contribution in [0.15, 0.2) is 0 Å². The molecule has 104 valence electrons. The summed E-state index contributed by atoms with van der Waals surface area (Å²) in [5.41, 5.74) is 0. The Balaban J connectivity index is 4.14. The van der Waals surface area contributed by atoms with Crippen molar-refractivity contribution in [2.45, 2.75) is 53.0 Å². The average Bonchev–Trinajstić information content (AvgIpc) is 2.34. The summed E-state index contributed by atoms with van der Waals surface area (Å²) in [7, 11) is 0. The number of aliphatic hydroxyl groups is 1. The van der Waals surface area contributed by atoms with Crippen LogP contribution in [0, 0.1) is 5.92 Å². The summed E-state index contributed by atoms with van der Waals surface area (Å²) in [6.07, 6.45) is 3.38. The summed E-state index contributed by atoms with van der Waals surface area (Å²) >= 11 is 0. The predicted octanol–water partition coefficient (Wildman–Crippen LogP) is 2.10. The molecule has 1 atom stereocenters. The second-order valence-electron chi connectivity index (χ2n) is 4.80. The van der Waals surface area contributed by atoms with Crippen LogP contribution in [0.4, 0.5) is 0 Å². The lowest BCUT2D eigenvalue weighted by atomic mass is 10.0. The summed E-state index contributed by atoms with van der Waals surface area (Å²) in [6.45, 7) is 13.5. The zero-order chi connectivity index (χ0) is 13.1. The molecule has 0 aromatic heterocycles. The van der Waals surface area contributed by atoms with Crippen LogP contribution in [-0.4, -0.2) is 48.8 Å². The van der Waals surface area contributed by atoms with Crippen molar-refractivity contribution in [1.29, 1.82) is 0 Å². The third kappa shape index (κ3) is 7.74. The molecule has 0 rings (SSSR count). The second-order valence-corrected chi connectivity index (χ2v) is 4.80. The van der Waals surface area contributed by atoms with E-state index in [1.165, 1.54) is 19.4 Å². The van der Waals surface area contributed by atoms with Gasteiger partial charge < -0.3 is 15.3 Å². The molecule has 3 nitrogen and oxygen atoms in total. The van der Waals surface area contributed by atoms with Gasteiger partial charge in [-0.05, 0) is 25.4 Å². The lowest BCUT2D eigenvalue weighted by Gasteiger charge is -2.29. The van der Waals surface area contributed by atoms with Gasteiger partial charge >= 0.3 is 0 Å². The third-order valence-corrected chi connectivity index (χ3v) is 3.57. The Bertz CT molecular complexity index is 154. The van der Waals surface area contributed by atoms with Crippen LogP contribution in [0.3, 0.4) is 0 Å². The highest BCUT2D eigenvalue weighted by Crippen LogP contribution is 2.10. The molecule has 0 aliphatic carbocycles. The molecule has 0 heterocycles. The van der Waals surface area contributed by atoms with E-state index in [0.29, 0.717) is 6.04 Å². The van der Waals surface area contributed by atoms with Gasteiger partial charge in [-0.2, -0.15) is 0 Å². The molecule has 0 radical (unpaired) electrons. The topological polar surface area (TPSA) is 35.5 Å². The largest absolute Gasteiger partial charge is 0.396 e. The molecule has 0 saturated heterocycles. The minimum Gasteiger partial charge on any atom is -0.396 e. The number of hydrogen-bond donors (Lipinski definition) is 2. The molecule has 0 bridgehead atoms. The summed E-state index contributed by atoms with van der Waals surface area (Å²) in [5.74, 6) is 0.811. The fraction of sp³-hybridized carbons (Fsp3) is 1.00. The third-order valence-electron chi connectivity index (χ3n) is 3.57. The normalized spacial score (nSPS) is 13.6. The first-order valence-electron chi connectivity index (χ1n) is 7.28. The van der Waals surface area contributed by atoms with E-state index >= 15 is 0 Å². The summed E-state index contributed by atoms with van der Waals surface area (Å²) in [4.78, 5) is 2.51. The maximum absolute atomic E-state index is 9.06. The molecule has 0 amide bonds. The lowest BCUT2D eigenvalue weighted by molar-refractivity contribution is 0.190. The number of rotatable bonds is 11. The maximum atomic E-state index is 9.06. The predicted molar refractivity (Wildman–Crippen MR) is 75.4 cm³/mol. The quantitative estimate of drug-likeness (QED) is 0.584. The Labute approximate surface area is 108 Å². The van der Waals surface area contributed by atoms with E-state index < -0.39 is 0 Å². The monoisotopic (exact) mass is 244 g/mol. The fourth-order valence-corrected chi connectivity index (χ4v) is 2.26. The van der Waals surface area contributed by atoms with Crippen molar-refractivity contribution in [3.8, 4) is 0 Å². The van der Waals surface area contributed by atoms with Gasteiger partial charge in [0.05, 0.1) is 0 Å². The van der Waals surface area contributed by atoms with Crippen molar-refractivity contribution in [2.75, 3.05) is 32.8 Å². The van der Waals surface area contributed by atoms with E-state index in [2.05, 4.69) is 37.9 Å². The Morgan fingerprint density at radius 2 is 1.71 bits per heavy atom. The van der Waals surface area contributed by atoms with Crippen molar-refractivity contribution in [1.82, 2.24) is 10.2 Å². The standard InChI is InChI=1S/C14H32N2O/c1-5-13(6-2)11-16(8-4)12-14(9-10-17)15-7-3/h13-15,17H,5-12H2,1-4H3. The first-order chi connectivity index (χ1) is 8.21. The molecule has 0 aliphatic rings. The second kappa shape index (κ2) is 11.0. The van der Waals surface area contributed by atoms with E-state index in [1.807, 2.05) is 0 Å². The Hall–Kier alpha value is -0.120. The SMILES string of the molecule is CCNC(CCO)CN(CC)CC(CC)CC. The Morgan fingerprint density at radius 1 is 1.06 bits per heavy atom. The minimum absolute atomic E-state index is 0.278. The minimum atomic E-state index is 0.278. The molecule has 0 aromatic carbocycles. The highest BCUT2D eigenvalue weighted by atomic mass is 16.3. The highest BCUT2D eigenvalue weighted by Gasteiger charge is 2.14. The van der Waals surface area contributed by atoms with Crippen LogP contribution in [0.25, 0.3) is 0 Å². The van der Waals surface area contributed by atoms with Crippen molar-refractivity contribution >= 4 is 0 Å². The van der Waals surface area contributed by atoms with Crippen LogP contribution >= 0.6 is 0 Å². The van der Waals surface area contributed by atoms with E-state index in [9.17, 15) is 0 Å². The van der Waals surface area contributed by atoms with Gasteiger partial charge in [0.1, 0.15) is 0 Å². The zero-order valence-corrected chi connectivity index (χ0v) is 12.2. The Kier molecular flexibility index (Phi) is 10.9. The van der Waals surface area contributed by atoms with Gasteiger partial charge in [-0.25, -0.2) is 0 Å². The van der Waals surface area contributed by atoms with Crippen LogP contribution in [0.1, 0.15) is 47.0 Å². The molecule has 3 heteroatoms. The van der Waals surface area contributed by atoms with Crippen LogP contribution in [0.2, 0.25) is 0 Å². The molecule has 2 N–H and O–H groups in total. The molecule has 1 unspecified atom stereocenters. The molecule has 0 saturated carbocycles. The number of nitrogens with zero attached hydrogens (tertiary/aromatic N) is 1. The van der Waals surface area contributed by atoms with Gasteiger partial charge in [0.15, 0.2) is 0 Å². The van der Waals surface area contributed by atoms with Crippen molar-refractivity contribution in [3.05, 3.63) is 0 Å². The van der Waals surface area contributed by atoms with Crippen LogP contribution in [0.5, 0.6) is 0 Å². The fourth-order valence-electron chi connectivity index (χ4n) is 2.26. The first-order valence-corrected chi connectivity index (χ1v) is 7.28. The van der Waals surface area contributed by atoms with Crippen LogP contribution in [-0.2, 0) is 0 Å². The number of nitrogens with one attached hydrogen (secondary N) is 1. The van der Waals surface area contributed by atoms with Gasteiger partial charge in [0.2, 0.25) is 0 Å². The number of hydrogen-bond acceptors (Lipinski definition) is 3. The molecule has 0 aliphatic heterocycles. The van der Waals surface area contributed by atoms with Gasteiger partial charge in [0.25, 0.3) is 0 Å². The Morgan fingerprint density at radius 3 is 2.12 bits per heavy atom. The smallest absolute Gasteiger partial charge is 0.0446 e.